The first kappa shape index (κ1) is 20.7. The van der Waals surface area contributed by atoms with E-state index in [-0.39, 0.29) is 11.8 Å². The molecule has 0 bridgehead atoms. The van der Waals surface area contributed by atoms with Gasteiger partial charge in [0.1, 0.15) is 5.75 Å². The third-order valence-corrected chi connectivity index (χ3v) is 5.48. The number of ether oxygens (including phenoxy) is 3. The van der Waals surface area contributed by atoms with Crippen molar-refractivity contribution in [3.8, 4) is 28.7 Å². The highest BCUT2D eigenvalue weighted by Gasteiger charge is 2.33. The van der Waals surface area contributed by atoms with Gasteiger partial charge in [0, 0.05) is 31.0 Å². The summed E-state index contributed by atoms with van der Waals surface area (Å²) in [5, 5.41) is 4.12. The van der Waals surface area contributed by atoms with Gasteiger partial charge in [0.05, 0.1) is 21.3 Å². The number of methoxy groups -OCH3 is 3. The maximum atomic E-state index is 12.5. The zero-order chi connectivity index (χ0) is 21.8. The van der Waals surface area contributed by atoms with E-state index in [0.717, 1.165) is 23.3 Å². The molecule has 31 heavy (non-hydrogen) atoms. The van der Waals surface area contributed by atoms with Gasteiger partial charge in [0.2, 0.25) is 5.91 Å². The van der Waals surface area contributed by atoms with Crippen LogP contribution in [-0.2, 0) is 11.2 Å². The highest BCUT2D eigenvalue weighted by Crippen LogP contribution is 2.30. The van der Waals surface area contributed by atoms with Gasteiger partial charge in [-0.25, -0.2) is 0 Å². The molecule has 2 heterocycles. The lowest BCUT2D eigenvalue weighted by Crippen LogP contribution is -2.27. The minimum Gasteiger partial charge on any atom is -0.497 e. The van der Waals surface area contributed by atoms with Crippen molar-refractivity contribution < 1.29 is 23.5 Å². The van der Waals surface area contributed by atoms with Crippen molar-refractivity contribution in [1.82, 2.24) is 15.0 Å². The third-order valence-electron chi connectivity index (χ3n) is 5.48. The molecular formula is C23H25N3O5. The van der Waals surface area contributed by atoms with Crippen molar-refractivity contribution in [2.75, 3.05) is 34.4 Å². The topological polar surface area (TPSA) is 86.9 Å². The van der Waals surface area contributed by atoms with E-state index in [4.69, 9.17) is 18.7 Å². The molecule has 3 aromatic rings. The lowest BCUT2D eigenvalue weighted by atomic mass is 10.1. The van der Waals surface area contributed by atoms with Gasteiger partial charge in [0.25, 0.3) is 5.89 Å². The third kappa shape index (κ3) is 4.47. The molecule has 0 spiro atoms. The van der Waals surface area contributed by atoms with E-state index in [1.807, 2.05) is 47.4 Å². The Morgan fingerprint density at radius 2 is 1.81 bits per heavy atom. The summed E-state index contributed by atoms with van der Waals surface area (Å²) in [6, 6.07) is 13.2. The summed E-state index contributed by atoms with van der Waals surface area (Å²) < 4.78 is 21.2. The molecule has 1 unspecified atom stereocenters. The van der Waals surface area contributed by atoms with Gasteiger partial charge >= 0.3 is 0 Å². The van der Waals surface area contributed by atoms with Gasteiger partial charge in [-0.05, 0) is 48.4 Å². The number of aromatic nitrogens is 2. The van der Waals surface area contributed by atoms with Crippen LogP contribution in [0.1, 0.15) is 23.7 Å². The standard InChI is InChI=1S/C23H25N3O5/c1-28-18-7-5-16(6-8-18)23-24-22(25-31-23)17-13-21(27)26(14-17)11-10-15-4-9-19(29-2)20(12-15)30-3/h4-9,12,17H,10-11,13-14H2,1-3H3. The molecule has 0 N–H and O–H groups in total. The Balaban J connectivity index is 1.39. The second-order valence-corrected chi connectivity index (χ2v) is 7.37. The van der Waals surface area contributed by atoms with Gasteiger partial charge in [-0.3, -0.25) is 4.79 Å². The van der Waals surface area contributed by atoms with Crippen LogP contribution in [0.15, 0.2) is 47.0 Å². The fourth-order valence-corrected chi connectivity index (χ4v) is 3.71. The quantitative estimate of drug-likeness (QED) is 0.549. The van der Waals surface area contributed by atoms with Crippen LogP contribution in [0.2, 0.25) is 0 Å². The number of nitrogens with zero attached hydrogens (tertiary/aromatic N) is 3. The number of hydrogen-bond acceptors (Lipinski definition) is 7. The SMILES string of the molecule is COc1ccc(-c2nc(C3CC(=O)N(CCc4ccc(OC)c(OC)c4)C3)no2)cc1. The van der Waals surface area contributed by atoms with E-state index < -0.39 is 0 Å². The summed E-state index contributed by atoms with van der Waals surface area (Å²) in [6.45, 7) is 1.20. The Morgan fingerprint density at radius 1 is 1.03 bits per heavy atom. The van der Waals surface area contributed by atoms with Gasteiger partial charge in [-0.15, -0.1) is 0 Å². The molecular weight excluding hydrogens is 398 g/mol. The largest absolute Gasteiger partial charge is 0.497 e. The highest BCUT2D eigenvalue weighted by atomic mass is 16.5. The number of rotatable bonds is 8. The van der Waals surface area contributed by atoms with Crippen molar-refractivity contribution >= 4 is 5.91 Å². The summed E-state index contributed by atoms with van der Waals surface area (Å²) in [6.07, 6.45) is 1.11. The molecule has 0 radical (unpaired) electrons. The second-order valence-electron chi connectivity index (χ2n) is 7.37. The number of carbonyl (C=O) groups is 1. The molecule has 0 saturated carbocycles. The van der Waals surface area contributed by atoms with Crippen LogP contribution < -0.4 is 14.2 Å². The minimum absolute atomic E-state index is 0.0753. The lowest BCUT2D eigenvalue weighted by molar-refractivity contribution is -0.127. The molecule has 8 heteroatoms. The minimum atomic E-state index is -0.0753. The van der Waals surface area contributed by atoms with E-state index in [9.17, 15) is 4.79 Å². The molecule has 1 aliphatic heterocycles. The molecule has 162 valence electrons. The van der Waals surface area contributed by atoms with Gasteiger partial charge in [0.15, 0.2) is 17.3 Å². The number of hydrogen-bond donors (Lipinski definition) is 0. The number of amides is 1. The zero-order valence-corrected chi connectivity index (χ0v) is 17.8. The molecule has 1 fully saturated rings. The van der Waals surface area contributed by atoms with Gasteiger partial charge in [-0.2, -0.15) is 4.98 Å². The molecule has 1 amide bonds. The monoisotopic (exact) mass is 423 g/mol. The van der Waals surface area contributed by atoms with E-state index in [1.54, 1.807) is 21.3 Å². The molecule has 1 aliphatic rings. The van der Waals surface area contributed by atoms with Crippen LogP contribution >= 0.6 is 0 Å². The summed E-state index contributed by atoms with van der Waals surface area (Å²) >= 11 is 0. The van der Waals surface area contributed by atoms with Gasteiger partial charge < -0.3 is 23.6 Å². The number of benzene rings is 2. The van der Waals surface area contributed by atoms with E-state index in [1.165, 1.54) is 0 Å². The Morgan fingerprint density at radius 3 is 2.52 bits per heavy atom. The first-order valence-corrected chi connectivity index (χ1v) is 10.1. The fraction of sp³-hybridized carbons (Fsp3) is 0.348. The molecule has 4 rings (SSSR count). The number of carbonyl (C=O) groups excluding carboxylic acids is 1. The summed E-state index contributed by atoms with van der Waals surface area (Å²) in [4.78, 5) is 18.9. The normalized spacial score (nSPS) is 15.9. The molecule has 1 saturated heterocycles. The average Bonchev–Trinajstić information content (AvgIpc) is 3.44. The van der Waals surface area contributed by atoms with Crippen LogP contribution in [0.3, 0.4) is 0 Å². The van der Waals surface area contributed by atoms with Crippen molar-refractivity contribution in [3.05, 3.63) is 53.9 Å². The Hall–Kier alpha value is -3.55. The van der Waals surface area contributed by atoms with Crippen LogP contribution in [0.25, 0.3) is 11.5 Å². The molecule has 2 aromatic carbocycles. The van der Waals surface area contributed by atoms with Crippen LogP contribution in [0.4, 0.5) is 0 Å². The predicted molar refractivity (Wildman–Crippen MR) is 113 cm³/mol. The highest BCUT2D eigenvalue weighted by molar-refractivity contribution is 5.79. The van der Waals surface area contributed by atoms with E-state index in [2.05, 4.69) is 10.1 Å². The van der Waals surface area contributed by atoms with Crippen LogP contribution in [0, 0.1) is 0 Å². The Kier molecular flexibility index (Phi) is 6.06. The lowest BCUT2D eigenvalue weighted by Gasteiger charge is -2.16. The predicted octanol–water partition coefficient (Wildman–Crippen LogP) is 3.32. The zero-order valence-electron chi connectivity index (χ0n) is 17.8. The maximum Gasteiger partial charge on any atom is 0.257 e. The molecule has 1 aromatic heterocycles. The Labute approximate surface area is 180 Å². The molecule has 0 aliphatic carbocycles. The summed E-state index contributed by atoms with van der Waals surface area (Å²) in [7, 11) is 4.84. The van der Waals surface area contributed by atoms with E-state index in [0.29, 0.717) is 42.7 Å². The van der Waals surface area contributed by atoms with Crippen molar-refractivity contribution in [3.63, 3.8) is 0 Å². The summed E-state index contributed by atoms with van der Waals surface area (Å²) in [5.74, 6) is 3.16. The summed E-state index contributed by atoms with van der Waals surface area (Å²) in [5.41, 5.74) is 1.89. The van der Waals surface area contributed by atoms with Crippen molar-refractivity contribution in [2.45, 2.75) is 18.8 Å². The first-order chi connectivity index (χ1) is 15.1. The molecule has 1 atom stereocenters. The second kappa shape index (κ2) is 9.07. The van der Waals surface area contributed by atoms with Crippen molar-refractivity contribution in [2.24, 2.45) is 0 Å². The Bertz CT molecular complexity index is 1050. The fourth-order valence-electron chi connectivity index (χ4n) is 3.71. The maximum absolute atomic E-state index is 12.5. The van der Waals surface area contributed by atoms with E-state index >= 15 is 0 Å². The van der Waals surface area contributed by atoms with Gasteiger partial charge in [-0.1, -0.05) is 11.2 Å². The molecule has 8 nitrogen and oxygen atoms in total. The smallest absolute Gasteiger partial charge is 0.257 e. The number of likely N-dealkylation sites (tertiary alicyclic amines) is 1. The van der Waals surface area contributed by atoms with Crippen molar-refractivity contribution in [1.29, 1.82) is 0 Å². The first-order valence-electron chi connectivity index (χ1n) is 10.1. The van der Waals surface area contributed by atoms with Crippen LogP contribution in [0.5, 0.6) is 17.2 Å². The average molecular weight is 423 g/mol. The van der Waals surface area contributed by atoms with Crippen LogP contribution in [-0.4, -0.2) is 55.4 Å².